The first-order valence-electron chi connectivity index (χ1n) is 7.73. The maximum absolute atomic E-state index is 12.0. The van der Waals surface area contributed by atoms with Gasteiger partial charge in [0, 0.05) is 13.2 Å². The van der Waals surface area contributed by atoms with Gasteiger partial charge in [0.1, 0.15) is 5.60 Å². The average Bonchev–Trinajstić information content (AvgIpc) is 2.66. The number of rotatable bonds is 5. The Morgan fingerprint density at radius 1 is 1.35 bits per heavy atom. The van der Waals surface area contributed by atoms with Crippen molar-refractivity contribution in [2.24, 2.45) is 5.92 Å². The predicted molar refractivity (Wildman–Crippen MR) is 80.9 cm³/mol. The Morgan fingerprint density at radius 2 is 2.00 bits per heavy atom. The molecule has 1 aliphatic heterocycles. The van der Waals surface area contributed by atoms with Crippen molar-refractivity contribution in [3.05, 3.63) is 0 Å². The lowest BCUT2D eigenvalue weighted by Crippen LogP contribution is -2.39. The van der Waals surface area contributed by atoms with Crippen LogP contribution in [0.1, 0.15) is 60.8 Å². The molecule has 1 rings (SSSR count). The quantitative estimate of drug-likeness (QED) is 0.720. The monoisotopic (exact) mass is 285 g/mol. The molecule has 1 unspecified atom stereocenters. The van der Waals surface area contributed by atoms with Gasteiger partial charge in [0.15, 0.2) is 0 Å². The fraction of sp³-hybridized carbons (Fsp3) is 0.938. The van der Waals surface area contributed by atoms with E-state index in [9.17, 15) is 4.79 Å². The molecule has 0 aromatic rings. The van der Waals surface area contributed by atoms with E-state index in [-0.39, 0.29) is 11.7 Å². The van der Waals surface area contributed by atoms with E-state index in [0.29, 0.717) is 12.5 Å². The molecule has 0 radical (unpaired) electrons. The van der Waals surface area contributed by atoms with Crippen molar-refractivity contribution >= 4 is 6.09 Å². The Labute approximate surface area is 123 Å². The Morgan fingerprint density at radius 3 is 2.55 bits per heavy atom. The van der Waals surface area contributed by atoms with Gasteiger partial charge in [-0.3, -0.25) is 0 Å². The zero-order chi connectivity index (χ0) is 15.4. The molecule has 1 atom stereocenters. The number of nitrogens with zero attached hydrogens (tertiary/aromatic N) is 1. The molecule has 20 heavy (non-hydrogen) atoms. The number of amides is 1. The molecule has 4 nitrogen and oxygen atoms in total. The van der Waals surface area contributed by atoms with Gasteiger partial charge in [0.2, 0.25) is 0 Å². The van der Waals surface area contributed by atoms with E-state index >= 15 is 0 Å². The van der Waals surface area contributed by atoms with Crippen LogP contribution in [0.3, 0.4) is 0 Å². The van der Waals surface area contributed by atoms with Crippen LogP contribution in [0, 0.1) is 5.92 Å². The summed E-state index contributed by atoms with van der Waals surface area (Å²) in [6.45, 7) is 14.3. The van der Waals surface area contributed by atoms with Gasteiger partial charge in [-0.2, -0.15) is 0 Å². The summed E-state index contributed by atoms with van der Waals surface area (Å²) in [6, 6.07) is 0. The molecule has 4 heteroatoms. The van der Waals surface area contributed by atoms with E-state index in [0.717, 1.165) is 26.0 Å². The molecule has 0 aromatic heterocycles. The molecule has 1 aliphatic rings. The van der Waals surface area contributed by atoms with E-state index in [1.54, 1.807) is 4.90 Å². The molecule has 0 aromatic carbocycles. The van der Waals surface area contributed by atoms with Crippen LogP contribution in [-0.4, -0.2) is 41.9 Å². The zero-order valence-corrected chi connectivity index (χ0v) is 14.0. The van der Waals surface area contributed by atoms with E-state index in [1.807, 2.05) is 20.8 Å². The Kier molecular flexibility index (Phi) is 5.87. The van der Waals surface area contributed by atoms with Crippen molar-refractivity contribution in [3.63, 3.8) is 0 Å². The minimum atomic E-state index is -0.436. The lowest BCUT2D eigenvalue weighted by atomic mass is 10.1. The van der Waals surface area contributed by atoms with Gasteiger partial charge in [-0.25, -0.2) is 4.79 Å². The maximum atomic E-state index is 12.0. The number of likely N-dealkylation sites (tertiary alicyclic amines) is 1. The lowest BCUT2D eigenvalue weighted by Gasteiger charge is -2.27. The van der Waals surface area contributed by atoms with Gasteiger partial charge in [-0.1, -0.05) is 13.8 Å². The van der Waals surface area contributed by atoms with Crippen LogP contribution < -0.4 is 0 Å². The molecule has 1 fully saturated rings. The van der Waals surface area contributed by atoms with Crippen LogP contribution in [0.25, 0.3) is 0 Å². The molecular formula is C16H31NO3. The summed E-state index contributed by atoms with van der Waals surface area (Å²) < 4.78 is 11.4. The average molecular weight is 285 g/mol. The molecule has 1 heterocycles. The Hall–Kier alpha value is -0.770. The molecule has 1 saturated heterocycles. The molecule has 118 valence electrons. The third-order valence-electron chi connectivity index (χ3n) is 3.46. The molecule has 0 N–H and O–H groups in total. The highest BCUT2D eigenvalue weighted by molar-refractivity contribution is 5.68. The first-order valence-corrected chi connectivity index (χ1v) is 7.73. The largest absolute Gasteiger partial charge is 0.444 e. The Bertz CT molecular complexity index is 322. The van der Waals surface area contributed by atoms with Gasteiger partial charge < -0.3 is 14.4 Å². The van der Waals surface area contributed by atoms with Crippen molar-refractivity contribution in [1.82, 2.24) is 4.90 Å². The topological polar surface area (TPSA) is 38.8 Å². The van der Waals surface area contributed by atoms with Crippen molar-refractivity contribution in [3.8, 4) is 0 Å². The summed E-state index contributed by atoms with van der Waals surface area (Å²) in [4.78, 5) is 13.8. The first-order chi connectivity index (χ1) is 9.11. The maximum Gasteiger partial charge on any atom is 0.410 e. The van der Waals surface area contributed by atoms with Crippen LogP contribution in [-0.2, 0) is 9.47 Å². The summed E-state index contributed by atoms with van der Waals surface area (Å²) in [6.07, 6.45) is 2.92. The molecule has 1 amide bonds. The summed E-state index contributed by atoms with van der Waals surface area (Å²) in [7, 11) is 0. The second-order valence-corrected chi connectivity index (χ2v) is 7.49. The molecule has 0 aliphatic carbocycles. The SMILES string of the molecule is CC(C)CCCOC1(C)CCN(C(=O)OC(C)(C)C)C1. The molecule has 0 bridgehead atoms. The third-order valence-corrected chi connectivity index (χ3v) is 3.46. The fourth-order valence-corrected chi connectivity index (χ4v) is 2.34. The minimum Gasteiger partial charge on any atom is -0.444 e. The lowest BCUT2D eigenvalue weighted by molar-refractivity contribution is -0.0292. The molecular weight excluding hydrogens is 254 g/mol. The second kappa shape index (κ2) is 6.79. The standard InChI is InChI=1S/C16H31NO3/c1-13(2)8-7-11-19-16(6)9-10-17(12-16)14(18)20-15(3,4)5/h13H,7-12H2,1-6H3. The van der Waals surface area contributed by atoms with Crippen LogP contribution in [0.15, 0.2) is 0 Å². The summed E-state index contributed by atoms with van der Waals surface area (Å²) in [5.41, 5.74) is -0.651. The van der Waals surface area contributed by atoms with E-state index in [2.05, 4.69) is 20.8 Å². The van der Waals surface area contributed by atoms with E-state index in [1.165, 1.54) is 6.42 Å². The number of carbonyl (C=O) groups is 1. The van der Waals surface area contributed by atoms with Gasteiger partial charge in [-0.15, -0.1) is 0 Å². The number of carbonyl (C=O) groups excluding carboxylic acids is 1. The highest BCUT2D eigenvalue weighted by Crippen LogP contribution is 2.26. The highest BCUT2D eigenvalue weighted by atomic mass is 16.6. The van der Waals surface area contributed by atoms with Crippen LogP contribution in [0.4, 0.5) is 4.79 Å². The van der Waals surface area contributed by atoms with E-state index in [4.69, 9.17) is 9.47 Å². The minimum absolute atomic E-state index is 0.214. The molecule has 0 spiro atoms. The number of ether oxygens (including phenoxy) is 2. The zero-order valence-electron chi connectivity index (χ0n) is 14.0. The fourth-order valence-electron chi connectivity index (χ4n) is 2.34. The number of hydrogen-bond donors (Lipinski definition) is 0. The summed E-state index contributed by atoms with van der Waals surface area (Å²) in [5.74, 6) is 0.716. The molecule has 0 saturated carbocycles. The van der Waals surface area contributed by atoms with Crippen LogP contribution in [0.5, 0.6) is 0 Å². The van der Waals surface area contributed by atoms with Crippen molar-refractivity contribution < 1.29 is 14.3 Å². The summed E-state index contributed by atoms with van der Waals surface area (Å²) >= 11 is 0. The van der Waals surface area contributed by atoms with Gasteiger partial charge in [0.05, 0.1) is 12.1 Å². The first kappa shape index (κ1) is 17.3. The normalized spacial score (nSPS) is 23.4. The summed E-state index contributed by atoms with van der Waals surface area (Å²) in [5, 5.41) is 0. The van der Waals surface area contributed by atoms with Gasteiger partial charge in [0.25, 0.3) is 0 Å². The van der Waals surface area contributed by atoms with Crippen LogP contribution in [0.2, 0.25) is 0 Å². The smallest absolute Gasteiger partial charge is 0.410 e. The van der Waals surface area contributed by atoms with Crippen molar-refractivity contribution in [1.29, 1.82) is 0 Å². The second-order valence-electron chi connectivity index (χ2n) is 7.49. The number of hydrogen-bond acceptors (Lipinski definition) is 3. The Balaban J connectivity index is 2.35. The highest BCUT2D eigenvalue weighted by Gasteiger charge is 2.38. The van der Waals surface area contributed by atoms with Crippen molar-refractivity contribution in [2.75, 3.05) is 19.7 Å². The van der Waals surface area contributed by atoms with E-state index < -0.39 is 5.60 Å². The van der Waals surface area contributed by atoms with Crippen LogP contribution >= 0.6 is 0 Å². The van der Waals surface area contributed by atoms with Gasteiger partial charge in [-0.05, 0) is 52.9 Å². The van der Waals surface area contributed by atoms with Gasteiger partial charge >= 0.3 is 6.09 Å². The van der Waals surface area contributed by atoms with Crippen molar-refractivity contribution in [2.45, 2.75) is 72.0 Å². The predicted octanol–water partition coefficient (Wildman–Crippen LogP) is 3.84. The third kappa shape index (κ3) is 6.12.